The number of likely N-dealkylation sites (N-methyl/N-ethyl adjacent to an activating group) is 1. The predicted molar refractivity (Wildman–Crippen MR) is 83.2 cm³/mol. The van der Waals surface area contributed by atoms with Crippen LogP contribution in [0.4, 0.5) is 18.9 Å². The quantitative estimate of drug-likeness (QED) is 0.866. The molecule has 9 heteroatoms. The van der Waals surface area contributed by atoms with E-state index in [0.717, 1.165) is 6.07 Å². The number of ether oxygens (including phenoxy) is 1. The second-order valence-corrected chi connectivity index (χ2v) is 5.87. The van der Waals surface area contributed by atoms with Gasteiger partial charge in [-0.25, -0.2) is 0 Å². The molecule has 1 aliphatic heterocycles. The van der Waals surface area contributed by atoms with Gasteiger partial charge in [-0.3, -0.25) is 9.69 Å². The number of nitriles is 1. The van der Waals surface area contributed by atoms with Crippen LogP contribution in [0.3, 0.4) is 0 Å². The number of hydrogen-bond acceptors (Lipinski definition) is 5. The Kier molecular flexibility index (Phi) is 5.87. The molecule has 1 heterocycles. The average Bonchev–Trinajstić information content (AvgIpc) is 2.52. The molecule has 0 spiro atoms. The fourth-order valence-corrected chi connectivity index (χ4v) is 2.77. The molecule has 0 bridgehead atoms. The van der Waals surface area contributed by atoms with Gasteiger partial charge in [-0.2, -0.15) is 18.4 Å². The number of rotatable bonds is 5. The molecule has 0 radical (unpaired) electrons. The standard InChI is InChI=1S/C16H18F3N3O3/c1-21(10-15(23)24)8-13-9-22(4-5-25-13)12-3-2-11(7-20)14(6-12)16(17,18)19/h2-3,6,13H,4-5,8-10H2,1H3,(H,23,24). The Hall–Kier alpha value is -2.31. The van der Waals surface area contributed by atoms with E-state index in [9.17, 15) is 18.0 Å². The largest absolute Gasteiger partial charge is 0.480 e. The van der Waals surface area contributed by atoms with Crippen molar-refractivity contribution in [1.29, 1.82) is 5.26 Å². The van der Waals surface area contributed by atoms with E-state index >= 15 is 0 Å². The SMILES string of the molecule is CN(CC(=O)O)CC1CN(c2ccc(C#N)c(C(F)(F)F)c2)CCO1. The molecule has 0 aliphatic carbocycles. The third-order valence-corrected chi connectivity index (χ3v) is 3.85. The Labute approximate surface area is 143 Å². The van der Waals surface area contributed by atoms with Crippen molar-refractivity contribution >= 4 is 11.7 Å². The zero-order chi connectivity index (χ0) is 18.6. The Morgan fingerprint density at radius 2 is 2.24 bits per heavy atom. The van der Waals surface area contributed by atoms with E-state index in [1.165, 1.54) is 12.1 Å². The third-order valence-electron chi connectivity index (χ3n) is 3.85. The van der Waals surface area contributed by atoms with E-state index < -0.39 is 23.3 Å². The molecule has 2 rings (SSSR count). The summed E-state index contributed by atoms with van der Waals surface area (Å²) < 4.78 is 44.9. The second-order valence-electron chi connectivity index (χ2n) is 5.87. The molecule has 1 unspecified atom stereocenters. The lowest BCUT2D eigenvalue weighted by Gasteiger charge is -2.36. The van der Waals surface area contributed by atoms with Crippen LogP contribution >= 0.6 is 0 Å². The van der Waals surface area contributed by atoms with Gasteiger partial charge in [-0.15, -0.1) is 0 Å². The van der Waals surface area contributed by atoms with Gasteiger partial charge in [0.15, 0.2) is 0 Å². The number of morpholine rings is 1. The molecule has 1 N–H and O–H groups in total. The number of carboxylic acid groups (broad SMARTS) is 1. The van der Waals surface area contributed by atoms with Crippen LogP contribution in [-0.4, -0.2) is 61.9 Å². The normalized spacial score (nSPS) is 18.2. The molecule has 1 saturated heterocycles. The van der Waals surface area contributed by atoms with Gasteiger partial charge in [0.25, 0.3) is 0 Å². The average molecular weight is 357 g/mol. The van der Waals surface area contributed by atoms with E-state index in [1.54, 1.807) is 22.9 Å². The first-order valence-electron chi connectivity index (χ1n) is 7.59. The number of benzene rings is 1. The highest BCUT2D eigenvalue weighted by atomic mass is 19.4. The zero-order valence-electron chi connectivity index (χ0n) is 13.6. The number of carboxylic acids is 1. The van der Waals surface area contributed by atoms with E-state index in [4.69, 9.17) is 15.1 Å². The van der Waals surface area contributed by atoms with Crippen LogP contribution < -0.4 is 4.90 Å². The maximum atomic E-state index is 13.1. The van der Waals surface area contributed by atoms with Crippen molar-refractivity contribution in [3.63, 3.8) is 0 Å². The van der Waals surface area contributed by atoms with Crippen molar-refractivity contribution in [2.45, 2.75) is 12.3 Å². The summed E-state index contributed by atoms with van der Waals surface area (Å²) >= 11 is 0. The van der Waals surface area contributed by atoms with E-state index in [0.29, 0.717) is 31.9 Å². The van der Waals surface area contributed by atoms with Crippen molar-refractivity contribution in [2.24, 2.45) is 0 Å². The zero-order valence-corrected chi connectivity index (χ0v) is 13.6. The molecule has 0 amide bonds. The molecule has 1 fully saturated rings. The maximum absolute atomic E-state index is 13.1. The van der Waals surface area contributed by atoms with Gasteiger partial charge >= 0.3 is 12.1 Å². The van der Waals surface area contributed by atoms with Crippen molar-refractivity contribution in [3.05, 3.63) is 29.3 Å². The fraction of sp³-hybridized carbons (Fsp3) is 0.500. The molecule has 1 aromatic rings. The molecule has 25 heavy (non-hydrogen) atoms. The summed E-state index contributed by atoms with van der Waals surface area (Å²) in [5, 5.41) is 17.6. The topological polar surface area (TPSA) is 76.8 Å². The predicted octanol–water partition coefficient (Wildman–Crippen LogP) is 1.80. The number of carbonyl (C=O) groups is 1. The molecular formula is C16H18F3N3O3. The van der Waals surface area contributed by atoms with Crippen molar-refractivity contribution in [3.8, 4) is 6.07 Å². The Balaban J connectivity index is 2.13. The number of hydrogen-bond donors (Lipinski definition) is 1. The molecule has 0 saturated carbocycles. The summed E-state index contributed by atoms with van der Waals surface area (Å²) in [6.45, 7) is 1.29. The minimum absolute atomic E-state index is 0.144. The van der Waals surface area contributed by atoms with Gasteiger partial charge in [0, 0.05) is 25.3 Å². The summed E-state index contributed by atoms with van der Waals surface area (Å²) in [4.78, 5) is 14.0. The summed E-state index contributed by atoms with van der Waals surface area (Å²) in [7, 11) is 1.64. The van der Waals surface area contributed by atoms with Gasteiger partial charge in [0.1, 0.15) is 0 Å². The lowest BCUT2D eigenvalue weighted by Crippen LogP contribution is -2.47. The smallest absolute Gasteiger partial charge is 0.417 e. The molecular weight excluding hydrogens is 339 g/mol. The highest BCUT2D eigenvalue weighted by Gasteiger charge is 2.34. The van der Waals surface area contributed by atoms with Crippen LogP contribution in [0.1, 0.15) is 11.1 Å². The summed E-state index contributed by atoms with van der Waals surface area (Å²) in [5.74, 6) is -0.961. The number of anilines is 1. The molecule has 0 aromatic heterocycles. The van der Waals surface area contributed by atoms with Gasteiger partial charge < -0.3 is 14.7 Å². The van der Waals surface area contributed by atoms with Crippen LogP contribution in [0.5, 0.6) is 0 Å². The first kappa shape index (κ1) is 19.0. The molecule has 6 nitrogen and oxygen atoms in total. The van der Waals surface area contributed by atoms with Gasteiger partial charge in [0.2, 0.25) is 0 Å². The Morgan fingerprint density at radius 3 is 2.84 bits per heavy atom. The van der Waals surface area contributed by atoms with Crippen LogP contribution in [0.15, 0.2) is 18.2 Å². The molecule has 136 valence electrons. The first-order valence-corrected chi connectivity index (χ1v) is 7.59. The van der Waals surface area contributed by atoms with Crippen LogP contribution in [-0.2, 0) is 15.7 Å². The fourth-order valence-electron chi connectivity index (χ4n) is 2.77. The van der Waals surface area contributed by atoms with E-state index in [-0.39, 0.29) is 12.6 Å². The van der Waals surface area contributed by atoms with Crippen LogP contribution in [0.2, 0.25) is 0 Å². The van der Waals surface area contributed by atoms with Crippen molar-refractivity contribution in [1.82, 2.24) is 4.90 Å². The second kappa shape index (κ2) is 7.72. The minimum Gasteiger partial charge on any atom is -0.480 e. The molecule has 1 aliphatic rings. The highest BCUT2D eigenvalue weighted by Crippen LogP contribution is 2.34. The van der Waals surface area contributed by atoms with Crippen LogP contribution in [0, 0.1) is 11.3 Å². The summed E-state index contributed by atoms with van der Waals surface area (Å²) in [6, 6.07) is 5.18. The van der Waals surface area contributed by atoms with Gasteiger partial charge in [-0.1, -0.05) is 0 Å². The van der Waals surface area contributed by atoms with E-state index in [1.807, 2.05) is 0 Å². The Bertz CT molecular complexity index is 673. The Morgan fingerprint density at radius 1 is 1.52 bits per heavy atom. The number of halogens is 3. The monoisotopic (exact) mass is 357 g/mol. The summed E-state index contributed by atoms with van der Waals surface area (Å²) in [5.41, 5.74) is -1.01. The first-order chi connectivity index (χ1) is 11.7. The van der Waals surface area contributed by atoms with E-state index in [2.05, 4.69) is 0 Å². The molecule has 1 atom stereocenters. The minimum atomic E-state index is -4.60. The number of alkyl halides is 3. The lowest BCUT2D eigenvalue weighted by molar-refractivity contribution is -0.139. The van der Waals surface area contributed by atoms with Gasteiger partial charge in [-0.05, 0) is 25.2 Å². The van der Waals surface area contributed by atoms with Crippen LogP contribution in [0.25, 0.3) is 0 Å². The summed E-state index contributed by atoms with van der Waals surface area (Å²) in [6.07, 6.45) is -4.92. The third kappa shape index (κ3) is 5.08. The maximum Gasteiger partial charge on any atom is 0.417 e. The number of aliphatic carboxylic acids is 1. The highest BCUT2D eigenvalue weighted by molar-refractivity contribution is 5.69. The van der Waals surface area contributed by atoms with Gasteiger partial charge in [0.05, 0.1) is 36.5 Å². The molecule has 1 aromatic carbocycles. The lowest BCUT2D eigenvalue weighted by atomic mass is 10.1. The van der Waals surface area contributed by atoms with Crippen molar-refractivity contribution in [2.75, 3.05) is 44.7 Å². The van der Waals surface area contributed by atoms with Crippen molar-refractivity contribution < 1.29 is 27.8 Å². The number of nitrogens with zero attached hydrogens (tertiary/aromatic N) is 3.